The van der Waals surface area contributed by atoms with E-state index in [-0.39, 0.29) is 5.91 Å². The van der Waals surface area contributed by atoms with Crippen LogP contribution in [0, 0.1) is 5.41 Å². The second-order valence-corrected chi connectivity index (χ2v) is 6.05. The summed E-state index contributed by atoms with van der Waals surface area (Å²) >= 11 is 0. The fourth-order valence-electron chi connectivity index (χ4n) is 2.82. The molecule has 1 amide bonds. The molecule has 1 atom stereocenters. The van der Waals surface area contributed by atoms with Crippen LogP contribution >= 0.6 is 0 Å². The standard InChI is InChI=1S/C16H21NO3/c1-16(2,15(19)20)14(18)17(3)10-12-9-8-11-6-4-5-7-13(11)12/h4-7,12H,8-10H2,1-3H3,(H,19,20). The Kier molecular flexibility index (Phi) is 3.84. The molecule has 1 N–H and O–H groups in total. The molecule has 0 fully saturated rings. The van der Waals surface area contributed by atoms with Crippen molar-refractivity contribution in [3.8, 4) is 0 Å². The number of fused-ring (bicyclic) bond motifs is 1. The van der Waals surface area contributed by atoms with Crippen molar-refractivity contribution in [2.24, 2.45) is 5.41 Å². The van der Waals surface area contributed by atoms with Crippen LogP contribution in [0.15, 0.2) is 24.3 Å². The number of carbonyl (C=O) groups is 2. The van der Waals surface area contributed by atoms with E-state index in [9.17, 15) is 9.59 Å². The maximum atomic E-state index is 12.3. The molecule has 2 rings (SSSR count). The summed E-state index contributed by atoms with van der Waals surface area (Å²) < 4.78 is 0. The van der Waals surface area contributed by atoms with Gasteiger partial charge in [0.1, 0.15) is 5.41 Å². The van der Waals surface area contributed by atoms with Crippen LogP contribution in [-0.2, 0) is 16.0 Å². The van der Waals surface area contributed by atoms with Crippen LogP contribution in [0.4, 0.5) is 0 Å². The number of rotatable bonds is 4. The van der Waals surface area contributed by atoms with Crippen LogP contribution in [0.5, 0.6) is 0 Å². The molecule has 0 heterocycles. The van der Waals surface area contributed by atoms with E-state index in [0.29, 0.717) is 12.5 Å². The Bertz CT molecular complexity index is 536. The van der Waals surface area contributed by atoms with Crippen molar-refractivity contribution < 1.29 is 14.7 Å². The topological polar surface area (TPSA) is 57.6 Å². The predicted molar refractivity (Wildman–Crippen MR) is 76.6 cm³/mol. The number of hydrogen-bond donors (Lipinski definition) is 1. The predicted octanol–water partition coefficient (Wildman–Crippen LogP) is 2.29. The van der Waals surface area contributed by atoms with Gasteiger partial charge in [0, 0.05) is 19.5 Å². The van der Waals surface area contributed by atoms with Crippen LogP contribution in [0.3, 0.4) is 0 Å². The molecule has 108 valence electrons. The average molecular weight is 275 g/mol. The lowest BCUT2D eigenvalue weighted by atomic mass is 9.91. The average Bonchev–Trinajstić information content (AvgIpc) is 2.81. The normalized spacial score (nSPS) is 17.6. The Hall–Kier alpha value is -1.84. The second kappa shape index (κ2) is 5.27. The van der Waals surface area contributed by atoms with Crippen molar-refractivity contribution in [2.45, 2.75) is 32.6 Å². The van der Waals surface area contributed by atoms with E-state index in [2.05, 4.69) is 12.1 Å². The van der Waals surface area contributed by atoms with E-state index in [1.54, 1.807) is 11.9 Å². The lowest BCUT2D eigenvalue weighted by Gasteiger charge is -2.28. The van der Waals surface area contributed by atoms with Crippen LogP contribution in [0.25, 0.3) is 0 Å². The lowest BCUT2D eigenvalue weighted by Crippen LogP contribution is -2.44. The molecule has 4 nitrogen and oxygen atoms in total. The highest BCUT2D eigenvalue weighted by molar-refractivity contribution is 6.00. The maximum absolute atomic E-state index is 12.3. The number of carboxylic acid groups (broad SMARTS) is 1. The largest absolute Gasteiger partial charge is 0.480 e. The highest BCUT2D eigenvalue weighted by atomic mass is 16.4. The molecule has 1 aromatic carbocycles. The number of carboxylic acids is 1. The molecule has 0 radical (unpaired) electrons. The molecule has 20 heavy (non-hydrogen) atoms. The molecule has 0 aliphatic heterocycles. The molecule has 0 spiro atoms. The Morgan fingerprint density at radius 3 is 2.65 bits per heavy atom. The molecule has 4 heteroatoms. The zero-order chi connectivity index (χ0) is 14.9. The monoisotopic (exact) mass is 275 g/mol. The zero-order valence-electron chi connectivity index (χ0n) is 12.2. The number of likely N-dealkylation sites (N-methyl/N-ethyl adjacent to an activating group) is 1. The van der Waals surface area contributed by atoms with Crippen LogP contribution < -0.4 is 0 Å². The molecular formula is C16H21NO3. The molecule has 1 aliphatic rings. The van der Waals surface area contributed by atoms with E-state index < -0.39 is 11.4 Å². The van der Waals surface area contributed by atoms with Gasteiger partial charge in [-0.3, -0.25) is 9.59 Å². The first kappa shape index (κ1) is 14.6. The third-order valence-corrected chi connectivity index (χ3v) is 4.17. The number of amides is 1. The van der Waals surface area contributed by atoms with Gasteiger partial charge in [-0.25, -0.2) is 0 Å². The fourth-order valence-corrected chi connectivity index (χ4v) is 2.82. The van der Waals surface area contributed by atoms with Gasteiger partial charge in [-0.2, -0.15) is 0 Å². The van der Waals surface area contributed by atoms with E-state index in [0.717, 1.165) is 12.8 Å². The van der Waals surface area contributed by atoms with Crippen LogP contribution in [0.1, 0.15) is 37.3 Å². The van der Waals surface area contributed by atoms with Gasteiger partial charge in [-0.1, -0.05) is 24.3 Å². The molecule has 0 saturated heterocycles. The first-order chi connectivity index (χ1) is 9.34. The molecule has 1 aromatic rings. The molecule has 0 saturated carbocycles. The van der Waals surface area contributed by atoms with Gasteiger partial charge in [0.05, 0.1) is 0 Å². The number of aliphatic carboxylic acids is 1. The Labute approximate surface area is 119 Å². The number of benzene rings is 1. The van der Waals surface area contributed by atoms with Crippen molar-refractivity contribution in [3.05, 3.63) is 35.4 Å². The summed E-state index contributed by atoms with van der Waals surface area (Å²) in [6, 6.07) is 8.27. The van der Waals surface area contributed by atoms with Crippen LogP contribution in [0.2, 0.25) is 0 Å². The van der Waals surface area contributed by atoms with Gasteiger partial charge >= 0.3 is 5.97 Å². The van der Waals surface area contributed by atoms with Gasteiger partial charge in [0.15, 0.2) is 0 Å². The highest BCUT2D eigenvalue weighted by Gasteiger charge is 2.39. The fraction of sp³-hybridized carbons (Fsp3) is 0.500. The molecule has 0 aromatic heterocycles. The summed E-state index contributed by atoms with van der Waals surface area (Å²) in [4.78, 5) is 25.0. The highest BCUT2D eigenvalue weighted by Crippen LogP contribution is 2.33. The van der Waals surface area contributed by atoms with Crippen molar-refractivity contribution in [1.29, 1.82) is 0 Å². The SMILES string of the molecule is CN(CC1CCc2ccccc21)C(=O)C(C)(C)C(=O)O. The summed E-state index contributed by atoms with van der Waals surface area (Å²) in [7, 11) is 1.69. The summed E-state index contributed by atoms with van der Waals surface area (Å²) in [6.07, 6.45) is 2.05. The van der Waals surface area contributed by atoms with E-state index in [1.165, 1.54) is 25.0 Å². The van der Waals surface area contributed by atoms with Crippen LogP contribution in [-0.4, -0.2) is 35.5 Å². The minimum atomic E-state index is -1.37. The van der Waals surface area contributed by atoms with E-state index in [1.807, 2.05) is 12.1 Å². The Balaban J connectivity index is 2.08. The quantitative estimate of drug-likeness (QED) is 0.858. The van der Waals surface area contributed by atoms with E-state index in [4.69, 9.17) is 5.11 Å². The number of hydrogen-bond acceptors (Lipinski definition) is 2. The second-order valence-electron chi connectivity index (χ2n) is 6.05. The Morgan fingerprint density at radius 1 is 1.35 bits per heavy atom. The first-order valence-electron chi connectivity index (χ1n) is 6.90. The van der Waals surface area contributed by atoms with Crippen molar-refractivity contribution in [1.82, 2.24) is 4.90 Å². The minimum absolute atomic E-state index is 0.310. The molecule has 1 unspecified atom stereocenters. The third kappa shape index (κ3) is 2.55. The van der Waals surface area contributed by atoms with Crippen molar-refractivity contribution >= 4 is 11.9 Å². The number of nitrogens with zero attached hydrogens (tertiary/aromatic N) is 1. The van der Waals surface area contributed by atoms with Gasteiger partial charge in [0.2, 0.25) is 5.91 Å². The summed E-state index contributed by atoms with van der Waals surface area (Å²) in [5.74, 6) is -1.11. The minimum Gasteiger partial charge on any atom is -0.480 e. The first-order valence-corrected chi connectivity index (χ1v) is 6.90. The molecular weight excluding hydrogens is 254 g/mol. The van der Waals surface area contributed by atoms with Crippen molar-refractivity contribution in [2.75, 3.05) is 13.6 Å². The Morgan fingerprint density at radius 2 is 2.00 bits per heavy atom. The van der Waals surface area contributed by atoms with Gasteiger partial charge in [-0.05, 0) is 37.8 Å². The van der Waals surface area contributed by atoms with Crippen molar-refractivity contribution in [3.63, 3.8) is 0 Å². The maximum Gasteiger partial charge on any atom is 0.318 e. The van der Waals surface area contributed by atoms with E-state index >= 15 is 0 Å². The molecule has 0 bridgehead atoms. The summed E-state index contributed by atoms with van der Waals surface area (Å²) in [6.45, 7) is 3.49. The summed E-state index contributed by atoms with van der Waals surface area (Å²) in [5.41, 5.74) is 1.27. The molecule has 1 aliphatic carbocycles. The smallest absolute Gasteiger partial charge is 0.318 e. The number of aryl methyl sites for hydroxylation is 1. The zero-order valence-corrected chi connectivity index (χ0v) is 12.2. The summed E-state index contributed by atoms with van der Waals surface area (Å²) in [5, 5.41) is 9.13. The lowest BCUT2D eigenvalue weighted by molar-refractivity contribution is -0.157. The van der Waals surface area contributed by atoms with Gasteiger partial charge < -0.3 is 10.0 Å². The van der Waals surface area contributed by atoms with Gasteiger partial charge in [0.25, 0.3) is 0 Å². The third-order valence-electron chi connectivity index (χ3n) is 4.17. The number of carbonyl (C=O) groups excluding carboxylic acids is 1. The van der Waals surface area contributed by atoms with Gasteiger partial charge in [-0.15, -0.1) is 0 Å².